The molecule has 0 aromatic heterocycles. The summed E-state index contributed by atoms with van der Waals surface area (Å²) >= 11 is 0. The quantitative estimate of drug-likeness (QED) is 0.372. The van der Waals surface area contributed by atoms with Crippen LogP contribution >= 0.6 is 0 Å². The van der Waals surface area contributed by atoms with E-state index in [1.165, 1.54) is 16.7 Å². The number of fused-ring (bicyclic) bond motifs is 1. The number of benzene rings is 3. The van der Waals surface area contributed by atoms with Crippen LogP contribution in [0.1, 0.15) is 40.6 Å². The Hall–Kier alpha value is -3.92. The highest BCUT2D eigenvalue weighted by atomic mass is 16.1. The summed E-state index contributed by atoms with van der Waals surface area (Å²) in [5, 5.41) is 0. The molecule has 0 spiro atoms. The number of imidazole rings is 1. The Morgan fingerprint density at radius 2 is 1.61 bits per heavy atom. The van der Waals surface area contributed by atoms with Crippen molar-refractivity contribution in [1.82, 2.24) is 14.5 Å². The van der Waals surface area contributed by atoms with Gasteiger partial charge in [0.05, 0.1) is 11.4 Å². The van der Waals surface area contributed by atoms with Crippen molar-refractivity contribution in [3.63, 3.8) is 0 Å². The first kappa shape index (κ1) is 21.0. The van der Waals surface area contributed by atoms with Gasteiger partial charge in [-0.3, -0.25) is 9.36 Å². The Morgan fingerprint density at radius 3 is 2.39 bits per heavy atom. The van der Waals surface area contributed by atoms with Crippen LogP contribution in [0.2, 0.25) is 0 Å². The lowest BCUT2D eigenvalue weighted by Gasteiger charge is -2.13. The molecular formula is C29H27N3O. The molecule has 0 radical (unpaired) electrons. The molecule has 0 saturated carbocycles. The largest absolute Gasteiger partial charge is 0.354 e. The molecule has 3 aromatic rings. The lowest BCUT2D eigenvalue weighted by molar-refractivity contribution is 0.914. The van der Waals surface area contributed by atoms with E-state index in [2.05, 4.69) is 73.4 Å². The topological polar surface area (TPSA) is 50.7 Å². The van der Waals surface area contributed by atoms with Crippen LogP contribution in [0.15, 0.2) is 89.9 Å². The van der Waals surface area contributed by atoms with E-state index in [9.17, 15) is 4.79 Å². The van der Waals surface area contributed by atoms with Crippen molar-refractivity contribution < 1.29 is 0 Å². The van der Waals surface area contributed by atoms with E-state index >= 15 is 0 Å². The second-order valence-corrected chi connectivity index (χ2v) is 8.59. The fourth-order valence-electron chi connectivity index (χ4n) is 4.33. The van der Waals surface area contributed by atoms with Crippen LogP contribution < -0.4 is 5.56 Å². The van der Waals surface area contributed by atoms with Crippen molar-refractivity contribution in [3.05, 3.63) is 129 Å². The zero-order valence-corrected chi connectivity index (χ0v) is 19.0. The van der Waals surface area contributed by atoms with Crippen molar-refractivity contribution in [2.75, 3.05) is 0 Å². The summed E-state index contributed by atoms with van der Waals surface area (Å²) in [6.45, 7) is 4.22. The van der Waals surface area contributed by atoms with Crippen LogP contribution in [0.3, 0.4) is 0 Å². The Balaban J connectivity index is 1.64. The van der Waals surface area contributed by atoms with E-state index in [-0.39, 0.29) is 5.56 Å². The maximum Gasteiger partial charge on any atom is 0.278 e. The standard InChI is InChI=1S/C29H27N3O/c1-3-21-12-8-13-23(16-21)18-26-29(33)32-19-27(24-14-7-9-20(2)15-24)30-25(28(32)31-26)17-22-10-5-4-6-11-22/h4-16,19,30H,3,17-18H2,1-2H3. The fourth-order valence-corrected chi connectivity index (χ4v) is 4.33. The molecule has 2 aliphatic heterocycles. The van der Waals surface area contributed by atoms with Crippen LogP contribution in [0, 0.1) is 6.92 Å². The van der Waals surface area contributed by atoms with E-state index < -0.39 is 0 Å². The van der Waals surface area contributed by atoms with Gasteiger partial charge >= 0.3 is 0 Å². The van der Waals surface area contributed by atoms with Gasteiger partial charge in [0, 0.05) is 19.0 Å². The molecule has 4 nitrogen and oxygen atoms in total. The molecular weight excluding hydrogens is 406 g/mol. The number of hydrogen-bond acceptors (Lipinski definition) is 2. The molecule has 0 saturated heterocycles. The van der Waals surface area contributed by atoms with Crippen molar-refractivity contribution in [1.29, 1.82) is 0 Å². The highest BCUT2D eigenvalue weighted by molar-refractivity contribution is 5.61. The first-order valence-corrected chi connectivity index (χ1v) is 11.4. The molecule has 2 aliphatic rings. The summed E-state index contributed by atoms with van der Waals surface area (Å²) in [6, 6.07) is 27.0. The summed E-state index contributed by atoms with van der Waals surface area (Å²) in [4.78, 5) is 21.8. The van der Waals surface area contributed by atoms with Crippen LogP contribution in [-0.4, -0.2) is 14.5 Å². The number of aromatic amines is 1. The predicted molar refractivity (Wildman–Crippen MR) is 133 cm³/mol. The smallest absolute Gasteiger partial charge is 0.278 e. The number of hydrogen-bond donors (Lipinski definition) is 1. The van der Waals surface area contributed by atoms with Gasteiger partial charge in [0.25, 0.3) is 5.56 Å². The molecule has 33 heavy (non-hydrogen) atoms. The monoisotopic (exact) mass is 433 g/mol. The van der Waals surface area contributed by atoms with Crippen molar-refractivity contribution in [3.8, 4) is 17.1 Å². The van der Waals surface area contributed by atoms with Gasteiger partial charge in [0.15, 0.2) is 5.82 Å². The predicted octanol–water partition coefficient (Wildman–Crippen LogP) is 5.72. The Morgan fingerprint density at radius 1 is 0.848 bits per heavy atom. The minimum absolute atomic E-state index is 0.0517. The minimum Gasteiger partial charge on any atom is -0.354 e. The summed E-state index contributed by atoms with van der Waals surface area (Å²) < 4.78 is 1.71. The molecule has 164 valence electrons. The molecule has 0 bridgehead atoms. The maximum atomic E-state index is 13.4. The number of H-pyrrole nitrogens is 1. The molecule has 0 fully saturated rings. The second kappa shape index (κ2) is 8.91. The van der Waals surface area contributed by atoms with Gasteiger partial charge in [0.2, 0.25) is 0 Å². The van der Waals surface area contributed by atoms with Gasteiger partial charge in [-0.2, -0.15) is 0 Å². The third kappa shape index (κ3) is 4.37. The number of nitrogens with one attached hydrogen (secondary N) is 1. The lowest BCUT2D eigenvalue weighted by atomic mass is 10.1. The maximum absolute atomic E-state index is 13.4. The van der Waals surface area contributed by atoms with Gasteiger partial charge in [-0.15, -0.1) is 0 Å². The molecule has 4 heteroatoms. The molecule has 5 rings (SSSR count). The summed E-state index contributed by atoms with van der Waals surface area (Å²) in [7, 11) is 0. The molecule has 0 atom stereocenters. The van der Waals surface area contributed by atoms with E-state index in [0.717, 1.165) is 28.9 Å². The Bertz CT molecular complexity index is 1430. The van der Waals surface area contributed by atoms with Gasteiger partial charge < -0.3 is 4.98 Å². The van der Waals surface area contributed by atoms with Crippen LogP contribution in [0.25, 0.3) is 17.1 Å². The van der Waals surface area contributed by atoms with Crippen molar-refractivity contribution in [2.24, 2.45) is 0 Å². The first-order chi connectivity index (χ1) is 16.1. The third-order valence-corrected chi connectivity index (χ3v) is 6.07. The Labute approximate surface area is 193 Å². The van der Waals surface area contributed by atoms with Gasteiger partial charge in [-0.1, -0.05) is 85.3 Å². The van der Waals surface area contributed by atoms with E-state index in [0.29, 0.717) is 24.4 Å². The number of aryl methyl sites for hydroxylation is 2. The number of aromatic nitrogens is 3. The number of nitrogens with zero attached hydrogens (tertiary/aromatic N) is 2. The SMILES string of the molecule is CCc1cccc(Cc2nc3c(Cc4ccccc4)[nH]c(-c4cccc(C)c4)cn-3c2=O)c1. The van der Waals surface area contributed by atoms with E-state index in [1.807, 2.05) is 30.5 Å². The highest BCUT2D eigenvalue weighted by Gasteiger charge is 2.20. The van der Waals surface area contributed by atoms with E-state index in [4.69, 9.17) is 4.98 Å². The molecule has 0 amide bonds. The minimum atomic E-state index is -0.0517. The van der Waals surface area contributed by atoms with Crippen molar-refractivity contribution in [2.45, 2.75) is 33.1 Å². The first-order valence-electron chi connectivity index (χ1n) is 11.4. The summed E-state index contributed by atoms with van der Waals surface area (Å²) in [5.74, 6) is 0.696. The van der Waals surface area contributed by atoms with Gasteiger partial charge in [-0.05, 0) is 41.7 Å². The second-order valence-electron chi connectivity index (χ2n) is 8.59. The number of rotatable bonds is 6. The van der Waals surface area contributed by atoms with Gasteiger partial charge in [-0.25, -0.2) is 4.98 Å². The fraction of sp³-hybridized carbons (Fsp3) is 0.172. The molecule has 0 unspecified atom stereocenters. The zero-order valence-electron chi connectivity index (χ0n) is 19.0. The summed E-state index contributed by atoms with van der Waals surface area (Å²) in [5.41, 5.74) is 8.15. The van der Waals surface area contributed by atoms with Crippen LogP contribution in [0.4, 0.5) is 0 Å². The summed E-state index contributed by atoms with van der Waals surface area (Å²) in [6.07, 6.45) is 4.06. The zero-order chi connectivity index (χ0) is 22.8. The van der Waals surface area contributed by atoms with Crippen LogP contribution in [0.5, 0.6) is 0 Å². The normalized spacial score (nSPS) is 11.2. The Kier molecular flexibility index (Phi) is 5.66. The third-order valence-electron chi connectivity index (χ3n) is 6.07. The van der Waals surface area contributed by atoms with E-state index in [1.54, 1.807) is 4.57 Å². The van der Waals surface area contributed by atoms with Gasteiger partial charge in [0.1, 0.15) is 5.69 Å². The van der Waals surface area contributed by atoms with Crippen molar-refractivity contribution >= 4 is 0 Å². The lowest BCUT2D eigenvalue weighted by Crippen LogP contribution is -2.17. The molecule has 2 heterocycles. The average molecular weight is 434 g/mol. The molecule has 1 N–H and O–H groups in total. The molecule has 0 aliphatic carbocycles. The average Bonchev–Trinajstić information content (AvgIpc) is 3.15. The highest BCUT2D eigenvalue weighted by Crippen LogP contribution is 2.24. The molecule has 3 aromatic carbocycles. The van der Waals surface area contributed by atoms with Crippen LogP contribution in [-0.2, 0) is 19.3 Å².